The predicted octanol–water partition coefficient (Wildman–Crippen LogP) is 4.78. The van der Waals surface area contributed by atoms with Gasteiger partial charge in [-0.1, -0.05) is 42.5 Å². The quantitative estimate of drug-likeness (QED) is 0.458. The van der Waals surface area contributed by atoms with Crippen molar-refractivity contribution < 1.29 is 14.3 Å². The van der Waals surface area contributed by atoms with E-state index in [1.54, 1.807) is 29.8 Å². The molecule has 7 heteroatoms. The number of amides is 1. The molecule has 0 aliphatic carbocycles. The monoisotopic (exact) mass is 417 g/mol. The zero-order valence-electron chi connectivity index (χ0n) is 16.2. The van der Waals surface area contributed by atoms with Crippen molar-refractivity contribution in [2.45, 2.75) is 13.0 Å². The van der Waals surface area contributed by atoms with E-state index in [4.69, 9.17) is 4.74 Å². The number of anilines is 1. The van der Waals surface area contributed by atoms with Crippen LogP contribution in [0.1, 0.15) is 17.4 Å². The lowest BCUT2D eigenvalue weighted by Crippen LogP contribution is -2.30. The van der Waals surface area contributed by atoms with E-state index in [0.29, 0.717) is 11.4 Å². The molecule has 1 amide bonds. The summed E-state index contributed by atoms with van der Waals surface area (Å²) >= 11 is 1.53. The Balaban J connectivity index is 1.57. The van der Waals surface area contributed by atoms with Crippen molar-refractivity contribution in [1.29, 1.82) is 0 Å². The van der Waals surface area contributed by atoms with Crippen LogP contribution in [-0.4, -0.2) is 27.8 Å². The highest BCUT2D eigenvalue weighted by molar-refractivity contribution is 7.13. The van der Waals surface area contributed by atoms with Gasteiger partial charge in [-0.25, -0.2) is 9.48 Å². The van der Waals surface area contributed by atoms with E-state index in [-0.39, 0.29) is 5.69 Å². The van der Waals surface area contributed by atoms with E-state index in [1.165, 1.54) is 11.3 Å². The molecule has 0 aliphatic rings. The second-order valence-corrected chi connectivity index (χ2v) is 7.49. The van der Waals surface area contributed by atoms with Crippen molar-refractivity contribution in [3.63, 3.8) is 0 Å². The number of ether oxygens (including phenoxy) is 1. The summed E-state index contributed by atoms with van der Waals surface area (Å²) in [5, 5.41) is 9.27. The smallest absolute Gasteiger partial charge is 0.357 e. The van der Waals surface area contributed by atoms with Crippen molar-refractivity contribution in [1.82, 2.24) is 9.78 Å². The molecular weight excluding hydrogens is 398 g/mol. The summed E-state index contributed by atoms with van der Waals surface area (Å²) < 4.78 is 7.00. The molecule has 0 unspecified atom stereocenters. The van der Waals surface area contributed by atoms with Gasteiger partial charge in [0.2, 0.25) is 0 Å². The Hall–Kier alpha value is -3.71. The van der Waals surface area contributed by atoms with Crippen molar-refractivity contribution in [3.8, 4) is 16.3 Å². The lowest BCUT2D eigenvalue weighted by molar-refractivity contribution is -0.123. The molecule has 4 aromatic rings. The molecule has 0 spiro atoms. The summed E-state index contributed by atoms with van der Waals surface area (Å²) in [5.41, 5.74) is 2.29. The average molecular weight is 417 g/mol. The minimum absolute atomic E-state index is 0.254. The summed E-state index contributed by atoms with van der Waals surface area (Å²) in [6, 6.07) is 23.9. The molecule has 0 aliphatic heterocycles. The first-order valence-electron chi connectivity index (χ1n) is 9.38. The molecule has 0 bridgehead atoms. The number of nitrogens with one attached hydrogen (secondary N) is 1. The molecule has 0 saturated heterocycles. The molecule has 1 atom stereocenters. The Morgan fingerprint density at radius 1 is 1.00 bits per heavy atom. The standard InChI is InChI=1S/C23H19N3O3S/c1-16(22(27)24-17-9-4-2-5-10-17)29-23(28)20-15-19(21-13-8-14-30-21)25-26(20)18-11-6-3-7-12-18/h2-16H,1H3,(H,24,27)/t16-/m0/s1. The van der Waals surface area contributed by atoms with Gasteiger partial charge < -0.3 is 10.1 Å². The zero-order chi connectivity index (χ0) is 20.9. The van der Waals surface area contributed by atoms with E-state index < -0.39 is 18.0 Å². The minimum Gasteiger partial charge on any atom is -0.448 e. The van der Waals surface area contributed by atoms with Crippen molar-refractivity contribution >= 4 is 28.9 Å². The number of hydrogen-bond acceptors (Lipinski definition) is 5. The molecule has 2 aromatic heterocycles. The number of carbonyl (C=O) groups is 2. The second-order valence-electron chi connectivity index (χ2n) is 6.54. The van der Waals surface area contributed by atoms with Crippen LogP contribution >= 0.6 is 11.3 Å². The van der Waals surface area contributed by atoms with Crippen LogP contribution in [0.25, 0.3) is 16.3 Å². The van der Waals surface area contributed by atoms with E-state index >= 15 is 0 Å². The molecule has 6 nitrogen and oxygen atoms in total. The number of hydrogen-bond donors (Lipinski definition) is 1. The maximum Gasteiger partial charge on any atom is 0.357 e. The van der Waals surface area contributed by atoms with E-state index in [0.717, 1.165) is 10.6 Å². The van der Waals surface area contributed by atoms with Gasteiger partial charge in [0.15, 0.2) is 11.8 Å². The van der Waals surface area contributed by atoms with E-state index in [2.05, 4.69) is 10.4 Å². The summed E-state index contributed by atoms with van der Waals surface area (Å²) in [5.74, 6) is -1.02. The number of para-hydroxylation sites is 2. The van der Waals surface area contributed by atoms with Crippen molar-refractivity contribution in [3.05, 3.63) is 89.9 Å². The highest BCUT2D eigenvalue weighted by atomic mass is 32.1. The summed E-state index contributed by atoms with van der Waals surface area (Å²) in [7, 11) is 0. The van der Waals surface area contributed by atoms with Crippen LogP contribution in [0, 0.1) is 0 Å². The predicted molar refractivity (Wildman–Crippen MR) is 117 cm³/mol. The highest BCUT2D eigenvalue weighted by Crippen LogP contribution is 2.26. The summed E-state index contributed by atoms with van der Waals surface area (Å²) in [6.07, 6.45) is -0.970. The Morgan fingerprint density at radius 3 is 2.37 bits per heavy atom. The number of rotatable bonds is 6. The van der Waals surface area contributed by atoms with Crippen molar-refractivity contribution in [2.24, 2.45) is 0 Å². The molecule has 0 radical (unpaired) electrons. The largest absolute Gasteiger partial charge is 0.448 e. The van der Waals surface area contributed by atoms with Crippen LogP contribution in [0.2, 0.25) is 0 Å². The van der Waals surface area contributed by atoms with Crippen LogP contribution in [0.3, 0.4) is 0 Å². The fourth-order valence-electron chi connectivity index (χ4n) is 2.88. The van der Waals surface area contributed by atoms with Gasteiger partial charge in [-0.2, -0.15) is 5.10 Å². The van der Waals surface area contributed by atoms with Gasteiger partial charge in [0.25, 0.3) is 5.91 Å². The minimum atomic E-state index is -0.970. The van der Waals surface area contributed by atoms with Crippen LogP contribution in [0.5, 0.6) is 0 Å². The Bertz CT molecular complexity index is 1140. The Labute approximate surface area is 177 Å². The molecule has 0 saturated carbocycles. The SMILES string of the molecule is C[C@H](OC(=O)c1cc(-c2cccs2)nn1-c1ccccc1)C(=O)Nc1ccccc1. The fourth-order valence-corrected chi connectivity index (χ4v) is 3.56. The average Bonchev–Trinajstić information content (AvgIpc) is 3.45. The third kappa shape index (κ3) is 4.31. The summed E-state index contributed by atoms with van der Waals surface area (Å²) in [6.45, 7) is 1.54. The van der Waals surface area contributed by atoms with Crippen LogP contribution in [-0.2, 0) is 9.53 Å². The van der Waals surface area contributed by atoms with Crippen LogP contribution in [0.15, 0.2) is 84.2 Å². The number of benzene rings is 2. The molecule has 4 rings (SSSR count). The topological polar surface area (TPSA) is 73.2 Å². The zero-order valence-corrected chi connectivity index (χ0v) is 17.0. The van der Waals surface area contributed by atoms with Crippen molar-refractivity contribution in [2.75, 3.05) is 5.32 Å². The first-order chi connectivity index (χ1) is 14.6. The lowest BCUT2D eigenvalue weighted by atomic mass is 10.3. The van der Waals surface area contributed by atoms with Gasteiger partial charge in [-0.05, 0) is 42.6 Å². The maximum absolute atomic E-state index is 12.9. The normalized spacial score (nSPS) is 11.6. The molecule has 150 valence electrons. The molecule has 2 aromatic carbocycles. The number of nitrogens with zero attached hydrogens (tertiary/aromatic N) is 2. The summed E-state index contributed by atoms with van der Waals surface area (Å²) in [4.78, 5) is 26.3. The van der Waals surface area contributed by atoms with E-state index in [9.17, 15) is 9.59 Å². The highest BCUT2D eigenvalue weighted by Gasteiger charge is 2.24. The first-order valence-corrected chi connectivity index (χ1v) is 10.3. The third-order valence-corrected chi connectivity index (χ3v) is 5.28. The molecule has 0 fully saturated rings. The van der Waals surface area contributed by atoms with Gasteiger partial charge >= 0.3 is 5.97 Å². The van der Waals surface area contributed by atoms with Crippen LogP contribution in [0.4, 0.5) is 5.69 Å². The maximum atomic E-state index is 12.9. The number of esters is 1. The lowest BCUT2D eigenvalue weighted by Gasteiger charge is -2.14. The first kappa shape index (κ1) is 19.6. The fraction of sp³-hybridized carbons (Fsp3) is 0.0870. The van der Waals surface area contributed by atoms with E-state index in [1.807, 2.05) is 66.0 Å². The number of aromatic nitrogens is 2. The molecule has 30 heavy (non-hydrogen) atoms. The van der Waals surface area contributed by atoms with Gasteiger partial charge in [0, 0.05) is 11.8 Å². The Morgan fingerprint density at radius 2 is 1.70 bits per heavy atom. The van der Waals surface area contributed by atoms with Crippen LogP contribution < -0.4 is 5.32 Å². The second kappa shape index (κ2) is 8.75. The van der Waals surface area contributed by atoms with Gasteiger partial charge in [-0.3, -0.25) is 4.79 Å². The third-order valence-electron chi connectivity index (χ3n) is 4.39. The van der Waals surface area contributed by atoms with Gasteiger partial charge in [-0.15, -0.1) is 11.3 Å². The molecular formula is C23H19N3O3S. The molecule has 2 heterocycles. The van der Waals surface area contributed by atoms with Gasteiger partial charge in [0.05, 0.1) is 10.6 Å². The van der Waals surface area contributed by atoms with Gasteiger partial charge in [0.1, 0.15) is 5.69 Å². The molecule has 1 N–H and O–H groups in total. The number of thiophene rings is 1. The number of carbonyl (C=O) groups excluding carboxylic acids is 2. The Kier molecular flexibility index (Phi) is 5.72.